The molecule has 1 saturated heterocycles. The zero-order chi connectivity index (χ0) is 15.0. The zero-order valence-corrected chi connectivity index (χ0v) is 12.9. The molecule has 4 nitrogen and oxygen atoms in total. The van der Waals surface area contributed by atoms with E-state index < -0.39 is 0 Å². The third-order valence-electron chi connectivity index (χ3n) is 3.67. The lowest BCUT2D eigenvalue weighted by Gasteiger charge is -2.36. The number of hydrogen-bond acceptors (Lipinski definition) is 3. The molecule has 0 N–H and O–H groups in total. The first kappa shape index (κ1) is 14.4. The van der Waals surface area contributed by atoms with Gasteiger partial charge in [0.15, 0.2) is 0 Å². The molecule has 0 aromatic heterocycles. The van der Waals surface area contributed by atoms with Crippen molar-refractivity contribution in [2.75, 3.05) is 19.7 Å². The van der Waals surface area contributed by atoms with Gasteiger partial charge in [-0.2, -0.15) is 0 Å². The van der Waals surface area contributed by atoms with Gasteiger partial charge in [0.05, 0.1) is 17.8 Å². The molecule has 1 aromatic carbocycles. The standard InChI is InChI=1S/C16H18ClNO3/c1-10-7-18(8-11(2)21-10)16(19)13-5-12-6-14(17)3-4-15(12)20-9-13/h3-6,10-11H,7-9H2,1-2H3. The van der Waals surface area contributed by atoms with E-state index in [4.69, 9.17) is 21.1 Å². The Hall–Kier alpha value is -1.52. The molecule has 0 aliphatic carbocycles. The summed E-state index contributed by atoms with van der Waals surface area (Å²) >= 11 is 5.99. The van der Waals surface area contributed by atoms with Crippen LogP contribution in [0.25, 0.3) is 6.08 Å². The molecule has 0 saturated carbocycles. The van der Waals surface area contributed by atoms with Crippen LogP contribution in [0.15, 0.2) is 23.8 Å². The minimum Gasteiger partial charge on any atom is -0.488 e. The van der Waals surface area contributed by atoms with Crippen LogP contribution in [0, 0.1) is 0 Å². The van der Waals surface area contributed by atoms with E-state index in [1.165, 1.54) is 0 Å². The summed E-state index contributed by atoms with van der Waals surface area (Å²) in [6.45, 7) is 5.49. The molecule has 3 rings (SSSR count). The largest absolute Gasteiger partial charge is 0.488 e. The summed E-state index contributed by atoms with van der Waals surface area (Å²) in [7, 11) is 0. The molecule has 1 amide bonds. The molecule has 1 fully saturated rings. The van der Waals surface area contributed by atoms with Gasteiger partial charge in [0, 0.05) is 23.7 Å². The van der Waals surface area contributed by atoms with E-state index in [0.717, 1.165) is 11.3 Å². The number of nitrogens with zero attached hydrogens (tertiary/aromatic N) is 1. The number of amides is 1. The third-order valence-corrected chi connectivity index (χ3v) is 3.90. The van der Waals surface area contributed by atoms with Crippen molar-refractivity contribution in [1.29, 1.82) is 0 Å². The fourth-order valence-corrected chi connectivity index (χ4v) is 3.00. The maximum absolute atomic E-state index is 12.6. The van der Waals surface area contributed by atoms with Gasteiger partial charge < -0.3 is 14.4 Å². The lowest BCUT2D eigenvalue weighted by Crippen LogP contribution is -2.49. The number of benzene rings is 1. The molecule has 2 aliphatic heterocycles. The Bertz CT molecular complexity index is 589. The van der Waals surface area contributed by atoms with Crippen molar-refractivity contribution in [1.82, 2.24) is 4.90 Å². The summed E-state index contributed by atoms with van der Waals surface area (Å²) in [4.78, 5) is 14.5. The number of fused-ring (bicyclic) bond motifs is 1. The lowest BCUT2D eigenvalue weighted by molar-refractivity contribution is -0.139. The molecule has 0 spiro atoms. The fourth-order valence-electron chi connectivity index (χ4n) is 2.82. The van der Waals surface area contributed by atoms with Crippen molar-refractivity contribution < 1.29 is 14.3 Å². The van der Waals surface area contributed by atoms with Gasteiger partial charge in [-0.15, -0.1) is 0 Å². The molecule has 0 radical (unpaired) electrons. The first-order valence-electron chi connectivity index (χ1n) is 7.10. The van der Waals surface area contributed by atoms with Crippen molar-refractivity contribution in [2.45, 2.75) is 26.1 Å². The van der Waals surface area contributed by atoms with E-state index in [1.54, 1.807) is 6.07 Å². The number of carbonyl (C=O) groups is 1. The minimum atomic E-state index is 0.0163. The van der Waals surface area contributed by atoms with E-state index in [9.17, 15) is 4.79 Å². The van der Waals surface area contributed by atoms with Gasteiger partial charge in [-0.05, 0) is 38.1 Å². The zero-order valence-electron chi connectivity index (χ0n) is 12.1. The molecule has 1 aromatic rings. The number of rotatable bonds is 1. The summed E-state index contributed by atoms with van der Waals surface area (Å²) in [6, 6.07) is 5.43. The predicted molar refractivity (Wildman–Crippen MR) is 81.5 cm³/mol. The van der Waals surface area contributed by atoms with Gasteiger partial charge in [0.25, 0.3) is 5.91 Å². The first-order valence-corrected chi connectivity index (χ1v) is 7.48. The van der Waals surface area contributed by atoms with Crippen LogP contribution >= 0.6 is 11.6 Å². The Morgan fingerprint density at radius 1 is 1.29 bits per heavy atom. The van der Waals surface area contributed by atoms with Crippen LogP contribution in [0.3, 0.4) is 0 Å². The summed E-state index contributed by atoms with van der Waals surface area (Å²) in [5, 5.41) is 0.635. The molecular weight excluding hydrogens is 290 g/mol. The Balaban J connectivity index is 1.82. The maximum atomic E-state index is 12.6. The van der Waals surface area contributed by atoms with Crippen molar-refractivity contribution in [3.05, 3.63) is 34.4 Å². The highest BCUT2D eigenvalue weighted by molar-refractivity contribution is 6.30. The molecule has 2 atom stereocenters. The highest BCUT2D eigenvalue weighted by atomic mass is 35.5. The molecule has 0 bridgehead atoms. The first-order chi connectivity index (χ1) is 10.0. The van der Waals surface area contributed by atoms with Crippen LogP contribution in [0.2, 0.25) is 5.02 Å². The van der Waals surface area contributed by atoms with E-state index >= 15 is 0 Å². The average molecular weight is 308 g/mol. The summed E-state index contributed by atoms with van der Waals surface area (Å²) in [6.07, 6.45) is 1.99. The Morgan fingerprint density at radius 2 is 2.00 bits per heavy atom. The molecule has 112 valence electrons. The van der Waals surface area contributed by atoms with Crippen LogP contribution < -0.4 is 4.74 Å². The van der Waals surface area contributed by atoms with Gasteiger partial charge in [-0.3, -0.25) is 4.79 Å². The maximum Gasteiger partial charge on any atom is 0.253 e. The summed E-state index contributed by atoms with van der Waals surface area (Å²) < 4.78 is 11.3. The summed E-state index contributed by atoms with van der Waals surface area (Å²) in [5.41, 5.74) is 1.51. The monoisotopic (exact) mass is 307 g/mol. The van der Waals surface area contributed by atoms with Crippen LogP contribution in [-0.4, -0.2) is 42.7 Å². The quantitative estimate of drug-likeness (QED) is 0.801. The highest BCUT2D eigenvalue weighted by Crippen LogP contribution is 2.29. The van der Waals surface area contributed by atoms with E-state index in [-0.39, 0.29) is 18.1 Å². The second-order valence-electron chi connectivity index (χ2n) is 5.61. The normalized spacial score (nSPS) is 24.9. The number of carbonyl (C=O) groups excluding carboxylic acids is 1. The number of ether oxygens (including phenoxy) is 2. The van der Waals surface area contributed by atoms with Crippen LogP contribution in [-0.2, 0) is 9.53 Å². The second kappa shape index (κ2) is 5.70. The van der Waals surface area contributed by atoms with Gasteiger partial charge >= 0.3 is 0 Å². The molecule has 2 heterocycles. The van der Waals surface area contributed by atoms with E-state index in [0.29, 0.717) is 30.3 Å². The van der Waals surface area contributed by atoms with Gasteiger partial charge in [0.1, 0.15) is 12.4 Å². The topological polar surface area (TPSA) is 38.8 Å². The van der Waals surface area contributed by atoms with Gasteiger partial charge in [-0.25, -0.2) is 0 Å². The molecule has 2 unspecified atom stereocenters. The SMILES string of the molecule is CC1CN(C(=O)C2=Cc3cc(Cl)ccc3OC2)CC(C)O1. The predicted octanol–water partition coefficient (Wildman–Crippen LogP) is 2.75. The average Bonchev–Trinajstić information content (AvgIpc) is 2.44. The van der Waals surface area contributed by atoms with Crippen LogP contribution in [0.5, 0.6) is 5.75 Å². The number of halogens is 1. The number of hydrogen-bond donors (Lipinski definition) is 0. The molecule has 21 heavy (non-hydrogen) atoms. The van der Waals surface area contributed by atoms with Gasteiger partial charge in [0.2, 0.25) is 0 Å². The highest BCUT2D eigenvalue weighted by Gasteiger charge is 2.29. The Morgan fingerprint density at radius 3 is 2.71 bits per heavy atom. The van der Waals surface area contributed by atoms with Crippen molar-refractivity contribution in [3.8, 4) is 5.75 Å². The Labute approximate surface area is 129 Å². The van der Waals surface area contributed by atoms with E-state index in [1.807, 2.05) is 37.0 Å². The second-order valence-corrected chi connectivity index (χ2v) is 6.04. The molecule has 5 heteroatoms. The molecule has 2 aliphatic rings. The smallest absolute Gasteiger partial charge is 0.253 e. The van der Waals surface area contributed by atoms with Crippen molar-refractivity contribution in [3.63, 3.8) is 0 Å². The molecular formula is C16H18ClNO3. The van der Waals surface area contributed by atoms with Crippen molar-refractivity contribution in [2.24, 2.45) is 0 Å². The minimum absolute atomic E-state index is 0.0163. The van der Waals surface area contributed by atoms with E-state index in [2.05, 4.69) is 0 Å². The van der Waals surface area contributed by atoms with Crippen LogP contribution in [0.4, 0.5) is 0 Å². The Kier molecular flexibility index (Phi) is 3.91. The lowest BCUT2D eigenvalue weighted by atomic mass is 10.1. The fraction of sp³-hybridized carbons (Fsp3) is 0.438. The number of morpholine rings is 1. The van der Waals surface area contributed by atoms with Crippen molar-refractivity contribution >= 4 is 23.6 Å². The van der Waals surface area contributed by atoms with Crippen LogP contribution in [0.1, 0.15) is 19.4 Å². The summed E-state index contributed by atoms with van der Waals surface area (Å²) in [5.74, 6) is 0.780. The third kappa shape index (κ3) is 3.06. The van der Waals surface area contributed by atoms with Gasteiger partial charge in [-0.1, -0.05) is 11.6 Å².